The lowest BCUT2D eigenvalue weighted by Gasteiger charge is -2.16. The van der Waals surface area contributed by atoms with Gasteiger partial charge in [0.05, 0.1) is 17.2 Å². The number of nitrogens with zero attached hydrogens (tertiary/aromatic N) is 2. The van der Waals surface area contributed by atoms with Gasteiger partial charge in [0.15, 0.2) is 9.84 Å². The second-order valence-corrected chi connectivity index (χ2v) is 5.87. The van der Waals surface area contributed by atoms with Crippen molar-refractivity contribution in [1.82, 2.24) is 9.97 Å². The minimum Gasteiger partial charge on any atom is -0.228 e. The summed E-state index contributed by atoms with van der Waals surface area (Å²) in [4.78, 5) is 7.97. The van der Waals surface area contributed by atoms with Gasteiger partial charge in [-0.2, -0.15) is 0 Å². The van der Waals surface area contributed by atoms with E-state index in [1.807, 2.05) is 0 Å². The molecule has 1 aromatic rings. The Kier molecular flexibility index (Phi) is 2.23. The number of hydrogen-bond donors (Lipinski definition) is 0. The van der Waals surface area contributed by atoms with E-state index in [2.05, 4.69) is 9.97 Å². The Morgan fingerprint density at radius 3 is 2.79 bits per heavy atom. The van der Waals surface area contributed by atoms with Gasteiger partial charge >= 0.3 is 0 Å². The Bertz CT molecular complexity index is 484. The normalized spacial score (nSPS) is 19.0. The van der Waals surface area contributed by atoms with Crippen LogP contribution in [0.3, 0.4) is 0 Å². The quantitative estimate of drug-likeness (QED) is 0.624. The molecule has 1 aromatic heterocycles. The van der Waals surface area contributed by atoms with E-state index in [1.165, 1.54) is 0 Å². The van der Waals surface area contributed by atoms with Crippen molar-refractivity contribution in [2.24, 2.45) is 0 Å². The predicted octanol–water partition coefficient (Wildman–Crippen LogP) is 0.909. The topological polar surface area (TPSA) is 59.9 Å². The average Bonchev–Trinajstić information content (AvgIpc) is 2.06. The van der Waals surface area contributed by atoms with E-state index in [1.54, 1.807) is 6.92 Å². The lowest BCUT2D eigenvalue weighted by atomic mass is 10.1. The summed E-state index contributed by atoms with van der Waals surface area (Å²) in [6.45, 7) is 1.76. The molecule has 0 fully saturated rings. The van der Waals surface area contributed by atoms with Crippen LogP contribution in [0.1, 0.15) is 17.0 Å². The highest BCUT2D eigenvalue weighted by molar-refractivity contribution is 7.90. The minimum absolute atomic E-state index is 0.0470. The molecule has 0 unspecified atom stereocenters. The van der Waals surface area contributed by atoms with Crippen LogP contribution in [0.5, 0.6) is 0 Å². The summed E-state index contributed by atoms with van der Waals surface area (Å²) in [6, 6.07) is 0. The monoisotopic (exact) mass is 232 g/mol. The van der Waals surface area contributed by atoms with Gasteiger partial charge in [-0.05, 0) is 18.5 Å². The Morgan fingerprint density at radius 2 is 2.07 bits per heavy atom. The fourth-order valence-corrected chi connectivity index (χ4v) is 3.25. The smallest absolute Gasteiger partial charge is 0.222 e. The van der Waals surface area contributed by atoms with Crippen LogP contribution in [0.2, 0.25) is 5.28 Å². The maximum absolute atomic E-state index is 11.4. The first kappa shape index (κ1) is 9.86. The molecule has 0 atom stereocenters. The van der Waals surface area contributed by atoms with E-state index in [0.29, 0.717) is 12.1 Å². The SMILES string of the molecule is Cc1nc(Cl)nc2c1CS(=O)(=O)CC2. The van der Waals surface area contributed by atoms with Gasteiger partial charge in [-0.15, -0.1) is 0 Å². The highest BCUT2D eigenvalue weighted by atomic mass is 35.5. The third kappa shape index (κ3) is 1.74. The van der Waals surface area contributed by atoms with E-state index < -0.39 is 9.84 Å². The fraction of sp³-hybridized carbons (Fsp3) is 0.500. The zero-order valence-corrected chi connectivity index (χ0v) is 9.19. The number of fused-ring (bicyclic) bond motifs is 1. The van der Waals surface area contributed by atoms with E-state index in [4.69, 9.17) is 11.6 Å². The van der Waals surface area contributed by atoms with Crippen LogP contribution in [0.25, 0.3) is 0 Å². The van der Waals surface area contributed by atoms with Crippen LogP contribution in [-0.2, 0) is 22.0 Å². The maximum atomic E-state index is 11.4. The summed E-state index contributed by atoms with van der Waals surface area (Å²) >= 11 is 5.68. The fourth-order valence-electron chi connectivity index (χ4n) is 1.56. The van der Waals surface area contributed by atoms with Crippen molar-refractivity contribution in [2.75, 3.05) is 5.75 Å². The number of halogens is 1. The van der Waals surface area contributed by atoms with Crippen LogP contribution in [0.15, 0.2) is 0 Å². The number of hydrogen-bond acceptors (Lipinski definition) is 4. The molecule has 0 saturated carbocycles. The summed E-state index contributed by atoms with van der Waals surface area (Å²) in [5, 5.41) is 0.195. The molecule has 0 amide bonds. The van der Waals surface area contributed by atoms with E-state index in [0.717, 1.165) is 11.3 Å². The lowest BCUT2D eigenvalue weighted by Crippen LogP contribution is -2.21. The van der Waals surface area contributed by atoms with Gasteiger partial charge in [-0.25, -0.2) is 18.4 Å². The van der Waals surface area contributed by atoms with Crippen LogP contribution in [0.4, 0.5) is 0 Å². The minimum atomic E-state index is -2.95. The van der Waals surface area contributed by atoms with Crippen molar-refractivity contribution >= 4 is 21.4 Å². The van der Waals surface area contributed by atoms with Gasteiger partial charge in [-0.3, -0.25) is 0 Å². The molecule has 1 aliphatic heterocycles. The summed E-state index contributed by atoms with van der Waals surface area (Å²) in [5.41, 5.74) is 2.17. The molecule has 14 heavy (non-hydrogen) atoms. The molecule has 6 heteroatoms. The maximum Gasteiger partial charge on any atom is 0.222 e. The molecular weight excluding hydrogens is 224 g/mol. The van der Waals surface area contributed by atoms with Gasteiger partial charge < -0.3 is 0 Å². The molecule has 0 saturated heterocycles. The molecule has 0 N–H and O–H groups in total. The highest BCUT2D eigenvalue weighted by Crippen LogP contribution is 2.22. The first-order valence-corrected chi connectivity index (χ1v) is 6.40. The van der Waals surface area contributed by atoms with Crippen molar-refractivity contribution in [3.05, 3.63) is 22.2 Å². The number of aryl methyl sites for hydroxylation is 2. The van der Waals surface area contributed by atoms with Crippen LogP contribution >= 0.6 is 11.6 Å². The third-order valence-corrected chi connectivity index (χ3v) is 4.01. The zero-order valence-electron chi connectivity index (χ0n) is 7.62. The van der Waals surface area contributed by atoms with E-state index >= 15 is 0 Å². The molecule has 0 spiro atoms. The van der Waals surface area contributed by atoms with Gasteiger partial charge in [-0.1, -0.05) is 0 Å². The molecule has 0 aromatic carbocycles. The first-order chi connectivity index (χ1) is 6.48. The van der Waals surface area contributed by atoms with E-state index in [-0.39, 0.29) is 16.8 Å². The zero-order chi connectivity index (χ0) is 10.3. The van der Waals surface area contributed by atoms with Crippen molar-refractivity contribution in [3.63, 3.8) is 0 Å². The van der Waals surface area contributed by atoms with Crippen molar-refractivity contribution < 1.29 is 8.42 Å². The molecule has 4 nitrogen and oxygen atoms in total. The Labute approximate surface area is 87.3 Å². The second-order valence-electron chi connectivity index (χ2n) is 3.35. The molecule has 0 bridgehead atoms. The summed E-state index contributed by atoms with van der Waals surface area (Å²) < 4.78 is 22.7. The van der Waals surface area contributed by atoms with Gasteiger partial charge in [0, 0.05) is 17.7 Å². The Balaban J connectivity index is 2.58. The van der Waals surface area contributed by atoms with Crippen molar-refractivity contribution in [1.29, 1.82) is 0 Å². The van der Waals surface area contributed by atoms with Crippen LogP contribution < -0.4 is 0 Å². The summed E-state index contributed by atoms with van der Waals surface area (Å²) in [5.74, 6) is 0.206. The third-order valence-electron chi connectivity index (χ3n) is 2.29. The highest BCUT2D eigenvalue weighted by Gasteiger charge is 2.24. The molecule has 0 radical (unpaired) electrons. The largest absolute Gasteiger partial charge is 0.228 e. The average molecular weight is 233 g/mol. The lowest BCUT2D eigenvalue weighted by molar-refractivity contribution is 0.590. The molecule has 1 aliphatic rings. The summed E-state index contributed by atoms with van der Waals surface area (Å²) in [7, 11) is -2.95. The Hall–Kier alpha value is -0.680. The second kappa shape index (κ2) is 3.17. The van der Waals surface area contributed by atoms with Crippen LogP contribution in [0, 0.1) is 6.92 Å². The molecule has 2 heterocycles. The molecule has 0 aliphatic carbocycles. The van der Waals surface area contributed by atoms with Gasteiger partial charge in [0.1, 0.15) is 0 Å². The summed E-state index contributed by atoms with van der Waals surface area (Å²) in [6.07, 6.45) is 0.445. The first-order valence-electron chi connectivity index (χ1n) is 4.20. The Morgan fingerprint density at radius 1 is 1.36 bits per heavy atom. The predicted molar refractivity (Wildman–Crippen MR) is 53.0 cm³/mol. The van der Waals surface area contributed by atoms with Crippen molar-refractivity contribution in [3.8, 4) is 0 Å². The number of aromatic nitrogens is 2. The molecule has 2 rings (SSSR count). The van der Waals surface area contributed by atoms with E-state index in [9.17, 15) is 8.42 Å². The standard InChI is InChI=1S/C8H9ClN2O2S/c1-5-6-4-14(12,13)3-2-7(6)11-8(9)10-5/h2-4H2,1H3. The number of sulfone groups is 1. The van der Waals surface area contributed by atoms with Gasteiger partial charge in [0.25, 0.3) is 0 Å². The molecule has 76 valence electrons. The van der Waals surface area contributed by atoms with Crippen molar-refractivity contribution in [2.45, 2.75) is 19.1 Å². The van der Waals surface area contributed by atoms with Crippen LogP contribution in [-0.4, -0.2) is 24.1 Å². The molecular formula is C8H9ClN2O2S. The van der Waals surface area contributed by atoms with Gasteiger partial charge in [0.2, 0.25) is 5.28 Å². The number of rotatable bonds is 0.